The first-order valence-corrected chi connectivity index (χ1v) is 9.15. The molecule has 2 aromatic rings. The summed E-state index contributed by atoms with van der Waals surface area (Å²) >= 11 is 0. The Balaban J connectivity index is 1.78. The average Bonchev–Trinajstić information content (AvgIpc) is 2.92. The van der Waals surface area contributed by atoms with Crippen molar-refractivity contribution in [1.82, 2.24) is 9.78 Å². The van der Waals surface area contributed by atoms with Gasteiger partial charge in [0.2, 0.25) is 5.91 Å². The third-order valence-electron chi connectivity index (χ3n) is 5.68. The molecule has 0 spiro atoms. The van der Waals surface area contributed by atoms with Gasteiger partial charge < -0.3 is 15.8 Å². The highest BCUT2D eigenvalue weighted by Gasteiger charge is 2.62. The number of carbonyl (C=O) groups is 1. The highest BCUT2D eigenvalue weighted by atomic mass is 19.1. The Morgan fingerprint density at radius 3 is 2.63 bits per heavy atom. The SMILES string of the molecule is CCOC1CC(N)(C(=O)Nc2ccc(-n3nc(C)cc3C)c(F)c2)C1(C)C. The van der Waals surface area contributed by atoms with Gasteiger partial charge in [0.1, 0.15) is 11.2 Å². The number of nitrogens with one attached hydrogen (secondary N) is 1. The molecule has 1 amide bonds. The monoisotopic (exact) mass is 374 g/mol. The second kappa shape index (κ2) is 6.73. The van der Waals surface area contributed by atoms with Gasteiger partial charge in [0.05, 0.1) is 11.8 Å². The second-order valence-corrected chi connectivity index (χ2v) is 7.80. The van der Waals surface area contributed by atoms with E-state index >= 15 is 0 Å². The number of aromatic nitrogens is 2. The largest absolute Gasteiger partial charge is 0.378 e. The highest BCUT2D eigenvalue weighted by Crippen LogP contribution is 2.50. The molecule has 3 N–H and O–H groups in total. The van der Waals surface area contributed by atoms with Gasteiger partial charge in [-0.2, -0.15) is 5.10 Å². The number of halogens is 1. The maximum Gasteiger partial charge on any atom is 0.245 e. The first kappa shape index (κ1) is 19.5. The highest BCUT2D eigenvalue weighted by molar-refractivity contribution is 5.99. The summed E-state index contributed by atoms with van der Waals surface area (Å²) in [7, 11) is 0. The van der Waals surface area contributed by atoms with Crippen LogP contribution in [0, 0.1) is 25.1 Å². The number of nitrogens with two attached hydrogens (primary N) is 1. The van der Waals surface area contributed by atoms with Crippen LogP contribution >= 0.6 is 0 Å². The molecular weight excluding hydrogens is 347 g/mol. The first-order chi connectivity index (χ1) is 12.6. The van der Waals surface area contributed by atoms with Gasteiger partial charge in [0.25, 0.3) is 0 Å². The molecule has 1 aliphatic rings. The van der Waals surface area contributed by atoms with E-state index in [-0.39, 0.29) is 12.0 Å². The predicted molar refractivity (Wildman–Crippen MR) is 102 cm³/mol. The van der Waals surface area contributed by atoms with Crippen molar-refractivity contribution in [2.75, 3.05) is 11.9 Å². The van der Waals surface area contributed by atoms with Crippen LogP contribution < -0.4 is 11.1 Å². The van der Waals surface area contributed by atoms with Crippen molar-refractivity contribution in [3.8, 4) is 5.69 Å². The zero-order chi connectivity index (χ0) is 20.0. The van der Waals surface area contributed by atoms with E-state index < -0.39 is 16.8 Å². The zero-order valence-electron chi connectivity index (χ0n) is 16.5. The summed E-state index contributed by atoms with van der Waals surface area (Å²) in [6.45, 7) is 10.0. The van der Waals surface area contributed by atoms with Gasteiger partial charge in [-0.15, -0.1) is 0 Å². The van der Waals surface area contributed by atoms with E-state index in [2.05, 4.69) is 10.4 Å². The smallest absolute Gasteiger partial charge is 0.245 e. The number of rotatable bonds is 5. The number of hydrogen-bond acceptors (Lipinski definition) is 4. The molecule has 1 aliphatic carbocycles. The number of nitrogens with zero attached hydrogens (tertiary/aromatic N) is 2. The van der Waals surface area contributed by atoms with Gasteiger partial charge in [-0.1, -0.05) is 13.8 Å². The van der Waals surface area contributed by atoms with E-state index in [1.54, 1.807) is 16.8 Å². The first-order valence-electron chi connectivity index (χ1n) is 9.15. The summed E-state index contributed by atoms with van der Waals surface area (Å²) in [5, 5.41) is 7.05. The van der Waals surface area contributed by atoms with Crippen LogP contribution in [0.25, 0.3) is 5.69 Å². The molecule has 0 aliphatic heterocycles. The molecule has 0 saturated heterocycles. The van der Waals surface area contributed by atoms with E-state index in [1.165, 1.54) is 6.07 Å². The van der Waals surface area contributed by atoms with Gasteiger partial charge in [0, 0.05) is 29.8 Å². The summed E-state index contributed by atoms with van der Waals surface area (Å²) in [6, 6.07) is 6.42. The van der Waals surface area contributed by atoms with Crippen molar-refractivity contribution in [3.63, 3.8) is 0 Å². The summed E-state index contributed by atoms with van der Waals surface area (Å²) in [6.07, 6.45) is 0.370. The van der Waals surface area contributed by atoms with Crippen molar-refractivity contribution in [1.29, 1.82) is 0 Å². The third-order valence-corrected chi connectivity index (χ3v) is 5.68. The summed E-state index contributed by atoms with van der Waals surface area (Å²) in [4.78, 5) is 12.8. The van der Waals surface area contributed by atoms with Gasteiger partial charge >= 0.3 is 0 Å². The van der Waals surface area contributed by atoms with Crippen molar-refractivity contribution in [2.24, 2.45) is 11.1 Å². The molecule has 2 unspecified atom stereocenters. The molecule has 0 radical (unpaired) electrons. The topological polar surface area (TPSA) is 82.2 Å². The van der Waals surface area contributed by atoms with Crippen molar-refractivity contribution >= 4 is 11.6 Å². The molecule has 1 aromatic heterocycles. The van der Waals surface area contributed by atoms with E-state index in [9.17, 15) is 9.18 Å². The van der Waals surface area contributed by atoms with E-state index in [0.717, 1.165) is 11.4 Å². The Morgan fingerprint density at radius 1 is 1.41 bits per heavy atom. The maximum absolute atomic E-state index is 14.6. The van der Waals surface area contributed by atoms with E-state index in [1.807, 2.05) is 40.7 Å². The number of carbonyl (C=O) groups excluding carboxylic acids is 1. The number of hydrogen-bond donors (Lipinski definition) is 2. The fourth-order valence-electron chi connectivity index (χ4n) is 3.69. The van der Waals surface area contributed by atoms with Crippen LogP contribution in [0.1, 0.15) is 38.6 Å². The van der Waals surface area contributed by atoms with Crippen LogP contribution in [0.2, 0.25) is 0 Å². The Kier molecular flexibility index (Phi) is 4.86. The molecule has 1 saturated carbocycles. The number of ether oxygens (including phenoxy) is 1. The lowest BCUT2D eigenvalue weighted by Gasteiger charge is -2.57. The Hall–Kier alpha value is -2.25. The van der Waals surface area contributed by atoms with Crippen molar-refractivity contribution < 1.29 is 13.9 Å². The quantitative estimate of drug-likeness (QED) is 0.843. The lowest BCUT2D eigenvalue weighted by Crippen LogP contribution is -2.74. The minimum absolute atomic E-state index is 0.0663. The Bertz CT molecular complexity index is 877. The van der Waals surface area contributed by atoms with Crippen LogP contribution in [0.4, 0.5) is 10.1 Å². The number of benzene rings is 1. The molecule has 3 rings (SSSR count). The lowest BCUT2D eigenvalue weighted by atomic mass is 9.54. The summed E-state index contributed by atoms with van der Waals surface area (Å²) in [5.74, 6) is -0.799. The van der Waals surface area contributed by atoms with Gasteiger partial charge in [0.15, 0.2) is 5.82 Å². The number of amides is 1. The predicted octanol–water partition coefficient (Wildman–Crippen LogP) is 3.10. The lowest BCUT2D eigenvalue weighted by molar-refractivity contribution is -0.166. The van der Waals surface area contributed by atoms with E-state index in [0.29, 0.717) is 24.4 Å². The van der Waals surface area contributed by atoms with Crippen LogP contribution in [-0.4, -0.2) is 33.9 Å². The second-order valence-electron chi connectivity index (χ2n) is 7.80. The molecule has 1 heterocycles. The zero-order valence-corrected chi connectivity index (χ0v) is 16.5. The van der Waals surface area contributed by atoms with Gasteiger partial charge in [-0.3, -0.25) is 4.79 Å². The Morgan fingerprint density at radius 2 is 2.11 bits per heavy atom. The fraction of sp³-hybridized carbons (Fsp3) is 0.500. The molecule has 2 atom stereocenters. The molecule has 0 bridgehead atoms. The third kappa shape index (κ3) is 3.15. The van der Waals surface area contributed by atoms with Crippen molar-refractivity contribution in [3.05, 3.63) is 41.5 Å². The molecule has 6 nitrogen and oxygen atoms in total. The van der Waals surface area contributed by atoms with Gasteiger partial charge in [-0.05, 0) is 45.0 Å². The van der Waals surface area contributed by atoms with Crippen LogP contribution in [0.15, 0.2) is 24.3 Å². The fourth-order valence-corrected chi connectivity index (χ4v) is 3.69. The summed E-state index contributed by atoms with van der Waals surface area (Å²) < 4.78 is 21.8. The molecule has 27 heavy (non-hydrogen) atoms. The number of aryl methyl sites for hydroxylation is 2. The number of anilines is 1. The molecule has 1 aromatic carbocycles. The van der Waals surface area contributed by atoms with Crippen LogP contribution in [-0.2, 0) is 9.53 Å². The minimum atomic E-state index is -1.06. The molecule has 7 heteroatoms. The van der Waals surface area contributed by atoms with Crippen molar-refractivity contribution in [2.45, 2.75) is 52.7 Å². The van der Waals surface area contributed by atoms with Gasteiger partial charge in [-0.25, -0.2) is 9.07 Å². The average molecular weight is 374 g/mol. The Labute approximate surface area is 158 Å². The molecule has 146 valence electrons. The normalized spacial score (nSPS) is 23.7. The minimum Gasteiger partial charge on any atom is -0.378 e. The molecule has 1 fully saturated rings. The standard InChI is InChI=1S/C20H27FN4O2/c1-6-27-17-11-20(22,19(17,4)5)18(26)23-14-7-8-16(15(21)10-14)25-13(3)9-12(2)24-25/h7-10,17H,6,11,22H2,1-5H3,(H,23,26). The maximum atomic E-state index is 14.6. The van der Waals surface area contributed by atoms with E-state index in [4.69, 9.17) is 10.5 Å². The summed E-state index contributed by atoms with van der Waals surface area (Å²) in [5.41, 5.74) is 7.16. The molecular formula is C20H27FN4O2. The van der Waals surface area contributed by atoms with Crippen LogP contribution in [0.3, 0.4) is 0 Å². The van der Waals surface area contributed by atoms with Crippen LogP contribution in [0.5, 0.6) is 0 Å².